The van der Waals surface area contributed by atoms with Gasteiger partial charge in [-0.2, -0.15) is 0 Å². The summed E-state index contributed by atoms with van der Waals surface area (Å²) in [7, 11) is 0. The number of Topliss-reactive ketones (excluding diaryl/α,β-unsaturated/α-hetero) is 1. The smallest absolute Gasteiger partial charge is 0.238 e. The Hall–Kier alpha value is -3.65. The summed E-state index contributed by atoms with van der Waals surface area (Å²) in [5.41, 5.74) is 2.52. The predicted octanol–water partition coefficient (Wildman–Crippen LogP) is 4.93. The number of rotatable bonds is 2. The first-order valence-electron chi connectivity index (χ1n) is 12.0. The standard InChI is InChI=1S/C29H21BrFNO5/c1-13-10-23(34)20-12-19-17(24(26(20)27(13)35)14-2-9-22(33)21(31)11-14)7-8-18-25(19)29(37)32(28(18)36)16-5-3-15(30)4-6-16/h2-7,9-11,18-19,24-25,33H,8,12H2,1H3. The van der Waals surface area contributed by atoms with Crippen molar-refractivity contribution in [3.63, 3.8) is 0 Å². The highest BCUT2D eigenvalue weighted by Crippen LogP contribution is 2.55. The van der Waals surface area contributed by atoms with Crippen molar-refractivity contribution in [3.8, 4) is 5.75 Å². The highest BCUT2D eigenvalue weighted by Gasteiger charge is 2.56. The molecule has 6 nitrogen and oxygen atoms in total. The van der Waals surface area contributed by atoms with Crippen LogP contribution in [0.2, 0.25) is 0 Å². The Morgan fingerprint density at radius 3 is 2.43 bits per heavy atom. The molecule has 0 spiro atoms. The van der Waals surface area contributed by atoms with E-state index < -0.39 is 35.2 Å². The Morgan fingerprint density at radius 1 is 1.00 bits per heavy atom. The Labute approximate surface area is 220 Å². The van der Waals surface area contributed by atoms with E-state index in [9.17, 15) is 28.7 Å². The van der Waals surface area contributed by atoms with Crippen LogP contribution in [0.3, 0.4) is 0 Å². The van der Waals surface area contributed by atoms with Gasteiger partial charge in [0.25, 0.3) is 0 Å². The number of carbonyl (C=O) groups is 4. The first kappa shape index (κ1) is 23.7. The van der Waals surface area contributed by atoms with Gasteiger partial charge in [-0.05, 0) is 73.7 Å². The second-order valence-corrected chi connectivity index (χ2v) is 10.8. The van der Waals surface area contributed by atoms with Crippen LogP contribution in [0, 0.1) is 23.6 Å². The van der Waals surface area contributed by atoms with E-state index in [1.807, 2.05) is 6.08 Å². The second kappa shape index (κ2) is 8.45. The summed E-state index contributed by atoms with van der Waals surface area (Å²) in [4.78, 5) is 54.9. The van der Waals surface area contributed by atoms with Crippen molar-refractivity contribution in [1.29, 1.82) is 0 Å². The Balaban J connectivity index is 1.49. The summed E-state index contributed by atoms with van der Waals surface area (Å²) in [5.74, 6) is -5.14. The monoisotopic (exact) mass is 561 g/mol. The van der Waals surface area contributed by atoms with E-state index in [4.69, 9.17) is 0 Å². The number of benzene rings is 2. The molecule has 1 N–H and O–H groups in total. The van der Waals surface area contributed by atoms with Crippen molar-refractivity contribution in [2.75, 3.05) is 4.90 Å². The lowest BCUT2D eigenvalue weighted by molar-refractivity contribution is -0.123. The zero-order valence-electron chi connectivity index (χ0n) is 19.7. The molecule has 0 bridgehead atoms. The van der Waals surface area contributed by atoms with E-state index in [1.165, 1.54) is 29.2 Å². The maximum atomic E-state index is 14.5. The minimum atomic E-state index is -0.841. The molecule has 2 aromatic rings. The fourth-order valence-electron chi connectivity index (χ4n) is 6.29. The van der Waals surface area contributed by atoms with Gasteiger partial charge in [-0.3, -0.25) is 24.1 Å². The number of hydrogen-bond donors (Lipinski definition) is 1. The molecule has 0 aromatic heterocycles. The summed E-state index contributed by atoms with van der Waals surface area (Å²) in [6, 6.07) is 10.8. The van der Waals surface area contributed by atoms with Gasteiger partial charge >= 0.3 is 0 Å². The molecule has 37 heavy (non-hydrogen) atoms. The summed E-state index contributed by atoms with van der Waals surface area (Å²) in [5, 5.41) is 9.76. The third-order valence-electron chi connectivity index (χ3n) is 7.95. The molecule has 2 amide bonds. The maximum absolute atomic E-state index is 14.5. The number of aromatic hydroxyl groups is 1. The molecular weight excluding hydrogens is 541 g/mol. The molecule has 1 heterocycles. The van der Waals surface area contributed by atoms with E-state index in [0.717, 1.165) is 10.0 Å². The van der Waals surface area contributed by atoms with Crippen LogP contribution in [0.25, 0.3) is 0 Å². The third kappa shape index (κ3) is 3.49. The molecule has 4 atom stereocenters. The van der Waals surface area contributed by atoms with Gasteiger partial charge in [-0.25, -0.2) is 4.39 Å². The molecule has 4 aliphatic rings. The van der Waals surface area contributed by atoms with E-state index >= 15 is 0 Å². The molecule has 186 valence electrons. The van der Waals surface area contributed by atoms with Gasteiger partial charge in [0.05, 0.1) is 17.5 Å². The molecular formula is C29H21BrFNO5. The Morgan fingerprint density at radius 2 is 1.73 bits per heavy atom. The van der Waals surface area contributed by atoms with Crippen LogP contribution in [0.15, 0.2) is 81.4 Å². The third-order valence-corrected chi connectivity index (χ3v) is 8.48. The van der Waals surface area contributed by atoms with Crippen LogP contribution in [-0.2, 0) is 19.2 Å². The highest BCUT2D eigenvalue weighted by molar-refractivity contribution is 9.10. The molecule has 6 rings (SSSR count). The van der Waals surface area contributed by atoms with Crippen molar-refractivity contribution in [3.05, 3.63) is 92.8 Å². The quantitative estimate of drug-likeness (QED) is 0.319. The number of allylic oxidation sites excluding steroid dienone is 6. The van der Waals surface area contributed by atoms with Crippen molar-refractivity contribution in [1.82, 2.24) is 0 Å². The number of ketones is 2. The zero-order chi connectivity index (χ0) is 26.2. The summed E-state index contributed by atoms with van der Waals surface area (Å²) >= 11 is 3.37. The number of phenols is 1. The molecule has 8 heteroatoms. The maximum Gasteiger partial charge on any atom is 0.238 e. The lowest BCUT2D eigenvalue weighted by Crippen LogP contribution is -2.39. The van der Waals surface area contributed by atoms with Crippen LogP contribution in [0.1, 0.15) is 31.2 Å². The molecule has 3 aliphatic carbocycles. The van der Waals surface area contributed by atoms with Crippen molar-refractivity contribution < 1.29 is 28.7 Å². The molecule has 2 aromatic carbocycles. The highest BCUT2D eigenvalue weighted by atomic mass is 79.9. The number of carbonyl (C=O) groups excluding carboxylic acids is 4. The van der Waals surface area contributed by atoms with Crippen LogP contribution < -0.4 is 4.90 Å². The minimum absolute atomic E-state index is 0.154. The average Bonchev–Trinajstić information content (AvgIpc) is 3.13. The van der Waals surface area contributed by atoms with Crippen LogP contribution in [0.4, 0.5) is 10.1 Å². The first-order valence-corrected chi connectivity index (χ1v) is 12.8. The van der Waals surface area contributed by atoms with Crippen molar-refractivity contribution in [2.45, 2.75) is 25.7 Å². The van der Waals surface area contributed by atoms with Crippen molar-refractivity contribution >= 4 is 45.0 Å². The lowest BCUT2D eigenvalue weighted by atomic mass is 9.59. The van der Waals surface area contributed by atoms with Gasteiger partial charge in [0.15, 0.2) is 23.1 Å². The molecule has 1 aliphatic heterocycles. The van der Waals surface area contributed by atoms with Crippen molar-refractivity contribution in [2.24, 2.45) is 17.8 Å². The van der Waals surface area contributed by atoms with Gasteiger partial charge in [0.1, 0.15) is 0 Å². The normalized spacial score (nSPS) is 27.1. The lowest BCUT2D eigenvalue weighted by Gasteiger charge is -2.42. The SMILES string of the molecule is CC1=CC(=O)C2=C(C1=O)C(c1ccc(O)c(F)c1)C1=CCC3C(=O)N(c4ccc(Br)cc4)C(=O)C3C1C2. The number of imide groups is 1. The van der Waals surface area contributed by atoms with Crippen LogP contribution in [0.5, 0.6) is 5.75 Å². The largest absolute Gasteiger partial charge is 0.505 e. The van der Waals surface area contributed by atoms with Gasteiger partial charge in [-0.1, -0.05) is 33.6 Å². The number of phenolic OH excluding ortho intramolecular Hbond substituents is 1. The molecule has 4 unspecified atom stereocenters. The van der Waals surface area contributed by atoms with Gasteiger partial charge in [0.2, 0.25) is 11.8 Å². The fraction of sp³-hybridized carbons (Fsp3) is 0.241. The zero-order valence-corrected chi connectivity index (χ0v) is 21.3. The van der Waals surface area contributed by atoms with Gasteiger partial charge in [-0.15, -0.1) is 0 Å². The van der Waals surface area contributed by atoms with Gasteiger partial charge in [0, 0.05) is 27.1 Å². The van der Waals surface area contributed by atoms with E-state index in [0.29, 0.717) is 28.8 Å². The van der Waals surface area contributed by atoms with Crippen LogP contribution in [-0.4, -0.2) is 28.5 Å². The number of amides is 2. The summed E-state index contributed by atoms with van der Waals surface area (Å²) in [6.07, 6.45) is 3.64. The number of anilines is 1. The average molecular weight is 562 g/mol. The molecule has 1 fully saturated rings. The molecule has 0 saturated carbocycles. The number of halogens is 2. The second-order valence-electron chi connectivity index (χ2n) is 9.93. The van der Waals surface area contributed by atoms with Gasteiger partial charge < -0.3 is 5.11 Å². The molecule has 0 radical (unpaired) electrons. The first-order chi connectivity index (χ1) is 17.7. The topological polar surface area (TPSA) is 91.8 Å². The molecule has 1 saturated heterocycles. The Kier molecular flexibility index (Phi) is 5.42. The summed E-state index contributed by atoms with van der Waals surface area (Å²) in [6.45, 7) is 1.57. The van der Waals surface area contributed by atoms with E-state index in [-0.39, 0.29) is 35.4 Å². The Bertz CT molecular complexity index is 1520. The van der Waals surface area contributed by atoms with E-state index in [2.05, 4.69) is 15.9 Å². The minimum Gasteiger partial charge on any atom is -0.505 e. The van der Waals surface area contributed by atoms with Crippen LogP contribution >= 0.6 is 15.9 Å². The number of fused-ring (bicyclic) bond motifs is 3. The number of hydrogen-bond acceptors (Lipinski definition) is 5. The fourth-order valence-corrected chi connectivity index (χ4v) is 6.55. The summed E-state index contributed by atoms with van der Waals surface area (Å²) < 4.78 is 15.3. The van der Waals surface area contributed by atoms with E-state index in [1.54, 1.807) is 31.2 Å². The number of nitrogens with zero attached hydrogens (tertiary/aromatic N) is 1. The predicted molar refractivity (Wildman–Crippen MR) is 136 cm³/mol.